The fourth-order valence-electron chi connectivity index (χ4n) is 4.83. The van der Waals surface area contributed by atoms with E-state index in [1.807, 2.05) is 18.3 Å². The number of aromatic nitrogens is 4. The zero-order chi connectivity index (χ0) is 23.7. The van der Waals surface area contributed by atoms with E-state index in [0.717, 1.165) is 71.4 Å². The topological polar surface area (TPSA) is 99.2 Å². The highest BCUT2D eigenvalue weighted by molar-refractivity contribution is 7.21. The number of rotatable bonds is 5. The second-order valence-electron chi connectivity index (χ2n) is 9.55. The van der Waals surface area contributed by atoms with Crippen molar-refractivity contribution in [1.29, 1.82) is 0 Å². The molecule has 0 aromatic carbocycles. The van der Waals surface area contributed by atoms with Crippen LogP contribution >= 0.6 is 11.3 Å². The molecule has 10 heteroatoms. The van der Waals surface area contributed by atoms with Gasteiger partial charge in [0.05, 0.1) is 21.3 Å². The Labute approximate surface area is 204 Å². The van der Waals surface area contributed by atoms with Gasteiger partial charge in [0.15, 0.2) is 11.6 Å². The molecule has 2 N–H and O–H groups in total. The van der Waals surface area contributed by atoms with Crippen LogP contribution in [-0.2, 0) is 0 Å². The Bertz CT molecular complexity index is 1150. The van der Waals surface area contributed by atoms with Crippen molar-refractivity contribution in [1.82, 2.24) is 30.4 Å². The highest BCUT2D eigenvalue weighted by Gasteiger charge is 2.29. The van der Waals surface area contributed by atoms with Gasteiger partial charge < -0.3 is 20.4 Å². The predicted octanol–water partition coefficient (Wildman–Crippen LogP) is 3.63. The molecule has 3 aromatic rings. The molecular weight excluding hydrogens is 448 g/mol. The number of amides is 1. The summed E-state index contributed by atoms with van der Waals surface area (Å²) in [6, 6.07) is 3.89. The number of carbonyl (C=O) groups excluding carboxylic acids is 1. The van der Waals surface area contributed by atoms with Gasteiger partial charge in [-0.1, -0.05) is 19.8 Å². The van der Waals surface area contributed by atoms with Crippen molar-refractivity contribution in [2.24, 2.45) is 5.92 Å². The van der Waals surface area contributed by atoms with E-state index in [9.17, 15) is 4.79 Å². The molecule has 0 radical (unpaired) electrons. The van der Waals surface area contributed by atoms with Gasteiger partial charge in [-0.15, -0.1) is 21.5 Å². The summed E-state index contributed by atoms with van der Waals surface area (Å²) in [5.74, 6) is 3.09. The highest BCUT2D eigenvalue weighted by Crippen LogP contribution is 2.43. The van der Waals surface area contributed by atoms with Crippen molar-refractivity contribution in [3.63, 3.8) is 0 Å². The lowest BCUT2D eigenvalue weighted by Crippen LogP contribution is -2.43. The van der Waals surface area contributed by atoms with Crippen LogP contribution in [0.3, 0.4) is 0 Å². The van der Waals surface area contributed by atoms with Crippen molar-refractivity contribution >= 4 is 45.0 Å². The summed E-state index contributed by atoms with van der Waals surface area (Å²) in [5, 5.41) is 15.3. The van der Waals surface area contributed by atoms with Gasteiger partial charge in [0, 0.05) is 45.8 Å². The molecule has 1 aliphatic heterocycles. The number of piperazine rings is 1. The average molecular weight is 481 g/mol. The van der Waals surface area contributed by atoms with E-state index in [0.29, 0.717) is 17.7 Å². The molecule has 9 nitrogen and oxygen atoms in total. The van der Waals surface area contributed by atoms with Gasteiger partial charge in [0.25, 0.3) is 5.91 Å². The lowest BCUT2D eigenvalue weighted by atomic mass is 9.79. The molecule has 34 heavy (non-hydrogen) atoms. The van der Waals surface area contributed by atoms with E-state index in [2.05, 4.69) is 37.6 Å². The number of anilines is 3. The third-order valence-corrected chi connectivity index (χ3v) is 7.94. The monoisotopic (exact) mass is 480 g/mol. The molecule has 1 amide bonds. The third-order valence-electron chi connectivity index (χ3n) is 6.82. The SMILES string of the molecule is CN(C)C(=O)c1sc2cnc(Nc3ccc(N4CCNCC4)nn3)nc2c1[C@H]1CC[C@H](C)CC1. The number of fused-ring (bicyclic) bond motifs is 1. The fourth-order valence-corrected chi connectivity index (χ4v) is 6.05. The van der Waals surface area contributed by atoms with Gasteiger partial charge in [-0.25, -0.2) is 9.97 Å². The Balaban J connectivity index is 1.43. The van der Waals surface area contributed by atoms with Gasteiger partial charge in [-0.05, 0) is 36.8 Å². The molecule has 0 atom stereocenters. The van der Waals surface area contributed by atoms with E-state index < -0.39 is 0 Å². The first kappa shape index (κ1) is 22.9. The molecule has 0 bridgehead atoms. The Morgan fingerprint density at radius 2 is 1.91 bits per heavy atom. The molecular formula is C24H32N8OS. The van der Waals surface area contributed by atoms with Crippen molar-refractivity contribution < 1.29 is 4.79 Å². The molecule has 0 spiro atoms. The van der Waals surface area contributed by atoms with Crippen LogP contribution in [0.5, 0.6) is 0 Å². The third kappa shape index (κ3) is 4.69. The van der Waals surface area contributed by atoms with Crippen molar-refractivity contribution in [3.8, 4) is 0 Å². The smallest absolute Gasteiger partial charge is 0.263 e. The van der Waals surface area contributed by atoms with Gasteiger partial charge in [-0.2, -0.15) is 0 Å². The molecule has 1 aliphatic carbocycles. The Hall–Kier alpha value is -2.85. The van der Waals surface area contributed by atoms with Gasteiger partial charge in [0.2, 0.25) is 5.95 Å². The Morgan fingerprint density at radius 1 is 1.15 bits per heavy atom. The lowest BCUT2D eigenvalue weighted by Gasteiger charge is -2.27. The summed E-state index contributed by atoms with van der Waals surface area (Å²) in [7, 11) is 3.61. The Morgan fingerprint density at radius 3 is 2.59 bits per heavy atom. The van der Waals surface area contributed by atoms with Crippen molar-refractivity contribution in [2.45, 2.75) is 38.5 Å². The van der Waals surface area contributed by atoms with Crippen LogP contribution in [-0.4, -0.2) is 71.2 Å². The van der Waals surface area contributed by atoms with Gasteiger partial charge in [0.1, 0.15) is 0 Å². The van der Waals surface area contributed by atoms with Crippen LogP contribution in [0, 0.1) is 5.92 Å². The number of thiophene rings is 1. The summed E-state index contributed by atoms with van der Waals surface area (Å²) in [6.07, 6.45) is 6.36. The summed E-state index contributed by atoms with van der Waals surface area (Å²) in [6.45, 7) is 6.08. The van der Waals surface area contributed by atoms with Crippen LogP contribution in [0.2, 0.25) is 0 Å². The fraction of sp³-hybridized carbons (Fsp3) is 0.542. The van der Waals surface area contributed by atoms with Gasteiger partial charge >= 0.3 is 0 Å². The van der Waals surface area contributed by atoms with E-state index in [1.165, 1.54) is 24.2 Å². The molecule has 3 aromatic heterocycles. The first-order valence-corrected chi connectivity index (χ1v) is 12.9. The maximum atomic E-state index is 13.0. The second kappa shape index (κ2) is 9.79. The lowest BCUT2D eigenvalue weighted by molar-refractivity contribution is 0.0830. The van der Waals surface area contributed by atoms with Crippen LogP contribution in [0.4, 0.5) is 17.6 Å². The molecule has 0 unspecified atom stereocenters. The molecule has 4 heterocycles. The largest absolute Gasteiger partial charge is 0.353 e. The van der Waals surface area contributed by atoms with Gasteiger partial charge in [-0.3, -0.25) is 4.79 Å². The van der Waals surface area contributed by atoms with E-state index in [4.69, 9.17) is 4.98 Å². The maximum Gasteiger partial charge on any atom is 0.263 e. The van der Waals surface area contributed by atoms with Crippen LogP contribution in [0.15, 0.2) is 18.3 Å². The molecule has 180 valence electrons. The summed E-state index contributed by atoms with van der Waals surface area (Å²) < 4.78 is 0.949. The van der Waals surface area contributed by atoms with Crippen molar-refractivity contribution in [2.75, 3.05) is 50.5 Å². The summed E-state index contributed by atoms with van der Waals surface area (Å²) >= 11 is 1.50. The summed E-state index contributed by atoms with van der Waals surface area (Å²) in [5.41, 5.74) is 1.98. The Kier molecular flexibility index (Phi) is 6.60. The minimum absolute atomic E-state index is 0.0421. The highest BCUT2D eigenvalue weighted by atomic mass is 32.1. The van der Waals surface area contributed by atoms with Crippen LogP contribution in [0.25, 0.3) is 10.2 Å². The first-order chi connectivity index (χ1) is 16.5. The minimum Gasteiger partial charge on any atom is -0.353 e. The molecule has 2 fully saturated rings. The van der Waals surface area contributed by atoms with Crippen LogP contribution < -0.4 is 15.5 Å². The zero-order valence-electron chi connectivity index (χ0n) is 20.0. The molecule has 2 aliphatic rings. The van der Waals surface area contributed by atoms with E-state index >= 15 is 0 Å². The number of hydrogen-bond acceptors (Lipinski definition) is 9. The number of hydrogen-bond donors (Lipinski definition) is 2. The predicted molar refractivity (Wildman–Crippen MR) is 136 cm³/mol. The normalized spacial score (nSPS) is 21.0. The van der Waals surface area contributed by atoms with Crippen molar-refractivity contribution in [3.05, 3.63) is 28.8 Å². The molecule has 5 rings (SSSR count). The quantitative estimate of drug-likeness (QED) is 0.571. The van der Waals surface area contributed by atoms with E-state index in [-0.39, 0.29) is 5.91 Å². The first-order valence-electron chi connectivity index (χ1n) is 12.1. The second-order valence-corrected chi connectivity index (χ2v) is 10.6. The minimum atomic E-state index is 0.0421. The number of nitrogens with zero attached hydrogens (tertiary/aromatic N) is 6. The zero-order valence-corrected chi connectivity index (χ0v) is 20.9. The standard InChI is InChI=1S/C24H32N8OS/c1-15-4-6-16(7-5-15)20-21-17(34-22(20)23(33)31(2)3)14-26-24(28-21)27-18-8-9-19(30-29-18)32-12-10-25-11-13-32/h8-9,14-16,25H,4-7,10-13H2,1-3H3,(H,26,27,28,29)/t15-,16-. The number of carbonyl (C=O) groups is 1. The molecule has 1 saturated carbocycles. The van der Waals surface area contributed by atoms with E-state index in [1.54, 1.807) is 19.0 Å². The average Bonchev–Trinajstić information content (AvgIpc) is 3.23. The summed E-state index contributed by atoms with van der Waals surface area (Å²) in [4.78, 5) is 27.1. The van der Waals surface area contributed by atoms with Crippen LogP contribution in [0.1, 0.15) is 53.8 Å². The number of nitrogens with one attached hydrogen (secondary N) is 2. The molecule has 1 saturated heterocycles. The maximum absolute atomic E-state index is 13.0.